The van der Waals surface area contributed by atoms with Gasteiger partial charge in [-0.25, -0.2) is 4.98 Å². The third-order valence-corrected chi connectivity index (χ3v) is 4.96. The molecule has 0 saturated carbocycles. The Bertz CT molecular complexity index is 1050. The van der Waals surface area contributed by atoms with Crippen molar-refractivity contribution in [3.05, 3.63) is 94.5 Å². The second-order valence-corrected chi connectivity index (χ2v) is 7.11. The van der Waals surface area contributed by atoms with E-state index < -0.39 is 0 Å². The summed E-state index contributed by atoms with van der Waals surface area (Å²) < 4.78 is 7.97. The largest absolute Gasteiger partial charge is 0.367 e. The molecular weight excluding hydrogens is 381 g/mol. The Morgan fingerprint density at radius 2 is 1.81 bits per heavy atom. The molecule has 0 amide bonds. The Hall–Kier alpha value is -2.40. The molecular formula is C21H17Cl2N3O. The predicted octanol–water partition coefficient (Wildman–Crippen LogP) is 5.70. The molecule has 4 aromatic rings. The Labute approximate surface area is 167 Å². The van der Waals surface area contributed by atoms with Crippen LogP contribution in [0.25, 0.3) is 10.8 Å². The van der Waals surface area contributed by atoms with E-state index in [2.05, 4.69) is 40.4 Å². The summed E-state index contributed by atoms with van der Waals surface area (Å²) in [6.45, 7) is 0.970. The summed E-state index contributed by atoms with van der Waals surface area (Å²) in [6.07, 6.45) is 2.89. The highest BCUT2D eigenvalue weighted by atomic mass is 35.5. The van der Waals surface area contributed by atoms with Crippen LogP contribution in [-0.2, 0) is 17.9 Å². The molecule has 27 heavy (non-hydrogen) atoms. The zero-order chi connectivity index (χ0) is 18.6. The highest BCUT2D eigenvalue weighted by Crippen LogP contribution is 2.30. The monoisotopic (exact) mass is 397 g/mol. The summed E-state index contributed by atoms with van der Waals surface area (Å²) in [5, 5.41) is 7.75. The van der Waals surface area contributed by atoms with Gasteiger partial charge in [-0.2, -0.15) is 5.10 Å². The van der Waals surface area contributed by atoms with E-state index in [1.165, 1.54) is 17.1 Å². The van der Waals surface area contributed by atoms with Crippen molar-refractivity contribution in [2.45, 2.75) is 19.3 Å². The molecule has 0 aliphatic heterocycles. The lowest BCUT2D eigenvalue weighted by Crippen LogP contribution is -2.14. The third kappa shape index (κ3) is 4.30. The van der Waals surface area contributed by atoms with Gasteiger partial charge in [0.15, 0.2) is 0 Å². The maximum Gasteiger partial charge on any atom is 0.137 e. The van der Waals surface area contributed by atoms with Crippen LogP contribution in [0.15, 0.2) is 73.3 Å². The lowest BCUT2D eigenvalue weighted by atomic mass is 10.1. The fourth-order valence-corrected chi connectivity index (χ4v) is 3.56. The zero-order valence-electron chi connectivity index (χ0n) is 14.4. The van der Waals surface area contributed by atoms with Gasteiger partial charge in [0.1, 0.15) is 18.8 Å². The average molecular weight is 398 g/mol. The number of benzene rings is 3. The second kappa shape index (κ2) is 8.09. The Morgan fingerprint density at radius 1 is 0.963 bits per heavy atom. The number of ether oxygens (including phenoxy) is 1. The van der Waals surface area contributed by atoms with Crippen LogP contribution >= 0.6 is 23.2 Å². The van der Waals surface area contributed by atoms with Gasteiger partial charge in [-0.15, -0.1) is 0 Å². The van der Waals surface area contributed by atoms with Gasteiger partial charge < -0.3 is 4.74 Å². The fourth-order valence-electron chi connectivity index (χ4n) is 3.03. The molecule has 0 bridgehead atoms. The highest BCUT2D eigenvalue weighted by Gasteiger charge is 2.17. The quantitative estimate of drug-likeness (QED) is 0.419. The first-order valence-electron chi connectivity index (χ1n) is 8.56. The van der Waals surface area contributed by atoms with Gasteiger partial charge in [0.25, 0.3) is 0 Å². The molecule has 0 fully saturated rings. The van der Waals surface area contributed by atoms with Gasteiger partial charge in [-0.05, 0) is 34.5 Å². The summed E-state index contributed by atoms with van der Waals surface area (Å²) in [4.78, 5) is 4.00. The van der Waals surface area contributed by atoms with E-state index in [9.17, 15) is 0 Å². The number of halogens is 2. The fraction of sp³-hybridized carbons (Fsp3) is 0.143. The van der Waals surface area contributed by atoms with Crippen molar-refractivity contribution < 1.29 is 4.74 Å². The lowest BCUT2D eigenvalue weighted by Gasteiger charge is -2.20. The summed E-state index contributed by atoms with van der Waals surface area (Å²) in [5.74, 6) is 0. The third-order valence-electron chi connectivity index (χ3n) is 4.39. The van der Waals surface area contributed by atoms with E-state index in [-0.39, 0.29) is 6.10 Å². The topological polar surface area (TPSA) is 39.9 Å². The van der Waals surface area contributed by atoms with Gasteiger partial charge in [-0.1, -0.05) is 65.7 Å². The van der Waals surface area contributed by atoms with Crippen LogP contribution in [0.3, 0.4) is 0 Å². The molecule has 1 heterocycles. The zero-order valence-corrected chi connectivity index (χ0v) is 15.9. The van der Waals surface area contributed by atoms with Crippen molar-refractivity contribution in [1.82, 2.24) is 14.8 Å². The number of aromatic nitrogens is 3. The van der Waals surface area contributed by atoms with Crippen molar-refractivity contribution in [3.63, 3.8) is 0 Å². The van der Waals surface area contributed by atoms with E-state index in [1.54, 1.807) is 17.1 Å². The summed E-state index contributed by atoms with van der Waals surface area (Å²) in [5.41, 5.74) is 1.97. The predicted molar refractivity (Wildman–Crippen MR) is 108 cm³/mol. The van der Waals surface area contributed by atoms with Crippen LogP contribution in [0.1, 0.15) is 17.2 Å². The Morgan fingerprint density at radius 3 is 2.59 bits per heavy atom. The number of hydrogen-bond acceptors (Lipinski definition) is 3. The summed E-state index contributed by atoms with van der Waals surface area (Å²) in [7, 11) is 0. The SMILES string of the molecule is Clc1ccc(C(Cn2cncn2)OCc2ccc3ccccc3c2)c(Cl)c1. The molecule has 4 rings (SSSR count). The van der Waals surface area contributed by atoms with Crippen molar-refractivity contribution >= 4 is 34.0 Å². The molecule has 0 aliphatic rings. The summed E-state index contributed by atoms with van der Waals surface area (Å²) >= 11 is 12.5. The minimum absolute atomic E-state index is 0.275. The van der Waals surface area contributed by atoms with Crippen molar-refractivity contribution in [2.24, 2.45) is 0 Å². The minimum Gasteiger partial charge on any atom is -0.367 e. The molecule has 0 aliphatic carbocycles. The summed E-state index contributed by atoms with van der Waals surface area (Å²) in [6, 6.07) is 20.0. The lowest BCUT2D eigenvalue weighted by molar-refractivity contribution is 0.0257. The standard InChI is InChI=1S/C21H17Cl2N3O/c22-18-7-8-19(20(23)10-18)21(11-26-14-24-13-25-26)27-12-15-5-6-16-3-1-2-4-17(16)9-15/h1-10,13-14,21H,11-12H2. The number of nitrogens with zero attached hydrogens (tertiary/aromatic N) is 3. The molecule has 6 heteroatoms. The molecule has 3 aromatic carbocycles. The normalized spacial score (nSPS) is 12.4. The number of hydrogen-bond donors (Lipinski definition) is 0. The van der Waals surface area contributed by atoms with Gasteiger partial charge in [-0.3, -0.25) is 4.68 Å². The molecule has 1 aromatic heterocycles. The van der Waals surface area contributed by atoms with E-state index in [0.29, 0.717) is 23.2 Å². The van der Waals surface area contributed by atoms with Crippen LogP contribution in [-0.4, -0.2) is 14.8 Å². The van der Waals surface area contributed by atoms with Crippen LogP contribution in [0.2, 0.25) is 10.0 Å². The average Bonchev–Trinajstić information content (AvgIpc) is 3.18. The van der Waals surface area contributed by atoms with Gasteiger partial charge in [0, 0.05) is 15.6 Å². The Kier molecular flexibility index (Phi) is 5.39. The maximum atomic E-state index is 6.41. The molecule has 0 spiro atoms. The molecule has 0 N–H and O–H groups in total. The van der Waals surface area contributed by atoms with Gasteiger partial charge in [0.2, 0.25) is 0 Å². The van der Waals surface area contributed by atoms with Crippen LogP contribution < -0.4 is 0 Å². The first-order valence-corrected chi connectivity index (χ1v) is 9.31. The van der Waals surface area contributed by atoms with E-state index >= 15 is 0 Å². The minimum atomic E-state index is -0.275. The van der Waals surface area contributed by atoms with E-state index in [4.69, 9.17) is 27.9 Å². The maximum absolute atomic E-state index is 6.41. The second-order valence-electron chi connectivity index (χ2n) is 6.26. The smallest absolute Gasteiger partial charge is 0.137 e. The van der Waals surface area contributed by atoms with Crippen molar-refractivity contribution in [2.75, 3.05) is 0 Å². The molecule has 0 radical (unpaired) electrons. The van der Waals surface area contributed by atoms with Crippen LogP contribution in [0, 0.1) is 0 Å². The van der Waals surface area contributed by atoms with Crippen molar-refractivity contribution in [1.29, 1.82) is 0 Å². The van der Waals surface area contributed by atoms with E-state index in [0.717, 1.165) is 11.1 Å². The molecule has 0 saturated heterocycles. The van der Waals surface area contributed by atoms with Gasteiger partial charge in [0.05, 0.1) is 13.2 Å². The first-order chi connectivity index (χ1) is 13.2. The Balaban J connectivity index is 1.57. The van der Waals surface area contributed by atoms with E-state index in [1.807, 2.05) is 24.3 Å². The highest BCUT2D eigenvalue weighted by molar-refractivity contribution is 6.35. The molecule has 136 valence electrons. The van der Waals surface area contributed by atoms with Crippen LogP contribution in [0.4, 0.5) is 0 Å². The number of rotatable bonds is 6. The molecule has 1 unspecified atom stereocenters. The molecule has 1 atom stereocenters. The molecule has 4 nitrogen and oxygen atoms in total. The van der Waals surface area contributed by atoms with Crippen molar-refractivity contribution in [3.8, 4) is 0 Å². The number of fused-ring (bicyclic) bond motifs is 1. The first kappa shape index (κ1) is 18.0. The van der Waals surface area contributed by atoms with Crippen LogP contribution in [0.5, 0.6) is 0 Å². The van der Waals surface area contributed by atoms with Gasteiger partial charge >= 0.3 is 0 Å².